The van der Waals surface area contributed by atoms with Crippen molar-refractivity contribution in [2.24, 2.45) is 0 Å². The first kappa shape index (κ1) is 19.0. The van der Waals surface area contributed by atoms with Gasteiger partial charge >= 0.3 is 5.97 Å². The summed E-state index contributed by atoms with van der Waals surface area (Å²) in [7, 11) is 1.54. The van der Waals surface area contributed by atoms with Crippen LogP contribution < -0.4 is 4.74 Å². The molecule has 7 nitrogen and oxygen atoms in total. The van der Waals surface area contributed by atoms with Gasteiger partial charge in [0.2, 0.25) is 0 Å². The van der Waals surface area contributed by atoms with E-state index in [4.69, 9.17) is 20.0 Å². The number of esters is 1. The van der Waals surface area contributed by atoms with Gasteiger partial charge in [0.05, 0.1) is 24.1 Å². The van der Waals surface area contributed by atoms with Crippen molar-refractivity contribution in [1.29, 1.82) is 10.5 Å². The molecular weight excluding hydrogens is 310 g/mol. The molecule has 126 valence electrons. The van der Waals surface area contributed by atoms with Crippen LogP contribution in [-0.4, -0.2) is 42.6 Å². The molecule has 0 saturated carbocycles. The quantitative estimate of drug-likeness (QED) is 0.704. The smallest absolute Gasteiger partial charge is 0.347 e. The molecule has 0 radical (unpaired) electrons. The minimum absolute atomic E-state index is 0.209. The number of hydrogen-bond donors (Lipinski definition) is 0. The molecule has 0 spiro atoms. The van der Waals surface area contributed by atoms with Crippen LogP contribution in [0.2, 0.25) is 0 Å². The lowest BCUT2D eigenvalue weighted by atomic mass is 10.2. The Hall–Kier alpha value is -3.06. The van der Waals surface area contributed by atoms with Crippen LogP contribution >= 0.6 is 0 Å². The third-order valence-electron chi connectivity index (χ3n) is 3.20. The zero-order valence-electron chi connectivity index (χ0n) is 13.9. The topological polar surface area (TPSA) is 103 Å². The van der Waals surface area contributed by atoms with Gasteiger partial charge in [-0.05, 0) is 38.1 Å². The highest BCUT2D eigenvalue weighted by Crippen LogP contribution is 2.14. The standard InChI is InChI=1S/C17H19N3O4/c1-12(16(21)20(3)10-4-9-18)24-17(22)13(2)23-15-7-5-14(11-19)6-8-15/h5-8,12-13H,4,10H2,1-3H3/t12-,13+/m0/s1. The lowest BCUT2D eigenvalue weighted by Crippen LogP contribution is -2.40. The van der Waals surface area contributed by atoms with Crippen LogP contribution in [-0.2, 0) is 14.3 Å². The summed E-state index contributed by atoms with van der Waals surface area (Å²) in [6.45, 7) is 3.25. The average Bonchev–Trinajstić information content (AvgIpc) is 2.59. The van der Waals surface area contributed by atoms with E-state index in [9.17, 15) is 9.59 Å². The van der Waals surface area contributed by atoms with E-state index < -0.39 is 18.2 Å². The summed E-state index contributed by atoms with van der Waals surface area (Å²) in [6.07, 6.45) is -1.66. The fourth-order valence-electron chi connectivity index (χ4n) is 1.82. The zero-order chi connectivity index (χ0) is 18.1. The van der Waals surface area contributed by atoms with Gasteiger partial charge in [-0.3, -0.25) is 4.79 Å². The van der Waals surface area contributed by atoms with Crippen molar-refractivity contribution in [1.82, 2.24) is 4.90 Å². The van der Waals surface area contributed by atoms with Gasteiger partial charge in [0.15, 0.2) is 12.2 Å². The van der Waals surface area contributed by atoms with Crippen LogP contribution in [0.4, 0.5) is 0 Å². The second kappa shape index (κ2) is 9.16. The Bertz CT molecular complexity index is 658. The van der Waals surface area contributed by atoms with Crippen molar-refractivity contribution < 1.29 is 19.1 Å². The monoisotopic (exact) mass is 329 g/mol. The Morgan fingerprint density at radius 3 is 2.33 bits per heavy atom. The predicted molar refractivity (Wildman–Crippen MR) is 84.7 cm³/mol. The molecule has 0 bridgehead atoms. The van der Waals surface area contributed by atoms with Crippen LogP contribution in [0.5, 0.6) is 5.75 Å². The van der Waals surface area contributed by atoms with Gasteiger partial charge in [0.1, 0.15) is 5.75 Å². The van der Waals surface area contributed by atoms with Gasteiger partial charge in [0, 0.05) is 13.6 Å². The molecule has 0 heterocycles. The summed E-state index contributed by atoms with van der Waals surface area (Å²) < 4.78 is 10.5. The molecule has 24 heavy (non-hydrogen) atoms. The highest BCUT2D eigenvalue weighted by Gasteiger charge is 2.25. The summed E-state index contributed by atoms with van der Waals surface area (Å²) in [4.78, 5) is 25.3. The molecule has 0 aliphatic heterocycles. The average molecular weight is 329 g/mol. The molecule has 0 saturated heterocycles. The molecular formula is C17H19N3O4. The number of rotatable bonds is 7. The van der Waals surface area contributed by atoms with Crippen molar-refractivity contribution in [2.45, 2.75) is 32.5 Å². The van der Waals surface area contributed by atoms with Crippen LogP contribution in [0.1, 0.15) is 25.8 Å². The van der Waals surface area contributed by atoms with Gasteiger partial charge < -0.3 is 14.4 Å². The van der Waals surface area contributed by atoms with Crippen LogP contribution in [0.3, 0.4) is 0 Å². The largest absolute Gasteiger partial charge is 0.479 e. The number of likely N-dealkylation sites (N-methyl/N-ethyl adjacent to an activating group) is 1. The molecule has 0 fully saturated rings. The normalized spacial score (nSPS) is 12.2. The Morgan fingerprint density at radius 1 is 1.17 bits per heavy atom. The Morgan fingerprint density at radius 2 is 1.79 bits per heavy atom. The van der Waals surface area contributed by atoms with Crippen LogP contribution in [0.25, 0.3) is 0 Å². The van der Waals surface area contributed by atoms with E-state index in [1.807, 2.05) is 12.1 Å². The molecule has 0 aromatic heterocycles. The molecule has 0 N–H and O–H groups in total. The summed E-state index contributed by atoms with van der Waals surface area (Å²) in [5, 5.41) is 17.2. The Balaban J connectivity index is 2.54. The second-order valence-corrected chi connectivity index (χ2v) is 5.14. The molecule has 0 unspecified atom stereocenters. The predicted octanol–water partition coefficient (Wildman–Crippen LogP) is 1.63. The van der Waals surface area contributed by atoms with Crippen molar-refractivity contribution >= 4 is 11.9 Å². The Labute approximate surface area is 141 Å². The van der Waals surface area contributed by atoms with Gasteiger partial charge in [0.25, 0.3) is 5.91 Å². The number of nitrogens with zero attached hydrogens (tertiary/aromatic N) is 3. The first-order valence-corrected chi connectivity index (χ1v) is 7.38. The van der Waals surface area contributed by atoms with Gasteiger partial charge in [-0.25, -0.2) is 4.79 Å². The fourth-order valence-corrected chi connectivity index (χ4v) is 1.82. The fraction of sp³-hybridized carbons (Fsp3) is 0.412. The molecule has 0 aliphatic rings. The number of hydrogen-bond acceptors (Lipinski definition) is 6. The third-order valence-corrected chi connectivity index (χ3v) is 3.20. The van der Waals surface area contributed by atoms with Crippen molar-refractivity contribution in [3.05, 3.63) is 29.8 Å². The number of benzene rings is 1. The van der Waals surface area contributed by atoms with Crippen LogP contribution in [0.15, 0.2) is 24.3 Å². The van der Waals surface area contributed by atoms with E-state index in [1.54, 1.807) is 31.3 Å². The first-order valence-electron chi connectivity index (χ1n) is 7.38. The van der Waals surface area contributed by atoms with E-state index in [0.717, 1.165) is 0 Å². The van der Waals surface area contributed by atoms with Gasteiger partial charge in [-0.15, -0.1) is 0 Å². The maximum absolute atomic E-state index is 12.0. The van der Waals surface area contributed by atoms with E-state index >= 15 is 0 Å². The van der Waals surface area contributed by atoms with E-state index in [0.29, 0.717) is 11.3 Å². The van der Waals surface area contributed by atoms with E-state index in [2.05, 4.69) is 0 Å². The zero-order valence-corrected chi connectivity index (χ0v) is 13.9. The number of nitriles is 2. The van der Waals surface area contributed by atoms with Crippen LogP contribution in [0, 0.1) is 22.7 Å². The Kier molecular flexibility index (Phi) is 7.25. The number of ether oxygens (including phenoxy) is 2. The second-order valence-electron chi connectivity index (χ2n) is 5.14. The van der Waals surface area contributed by atoms with E-state index in [-0.39, 0.29) is 18.9 Å². The molecule has 1 aromatic rings. The van der Waals surface area contributed by atoms with Crippen molar-refractivity contribution in [3.8, 4) is 17.9 Å². The maximum Gasteiger partial charge on any atom is 0.347 e. The van der Waals surface area contributed by atoms with E-state index in [1.165, 1.54) is 18.7 Å². The molecule has 2 atom stereocenters. The summed E-state index contributed by atoms with van der Waals surface area (Å²) in [6, 6.07) is 10.2. The summed E-state index contributed by atoms with van der Waals surface area (Å²) in [5.74, 6) is -0.637. The minimum atomic E-state index is -0.965. The molecule has 1 amide bonds. The third kappa shape index (κ3) is 5.62. The highest BCUT2D eigenvalue weighted by molar-refractivity contribution is 5.84. The molecule has 1 rings (SSSR count). The number of carbonyl (C=O) groups excluding carboxylic acids is 2. The maximum atomic E-state index is 12.0. The molecule has 1 aromatic carbocycles. The molecule has 7 heteroatoms. The lowest BCUT2D eigenvalue weighted by Gasteiger charge is -2.22. The lowest BCUT2D eigenvalue weighted by molar-refractivity contribution is -0.163. The van der Waals surface area contributed by atoms with Gasteiger partial charge in [-0.1, -0.05) is 0 Å². The minimum Gasteiger partial charge on any atom is -0.479 e. The first-order chi connectivity index (χ1) is 11.4. The summed E-state index contributed by atoms with van der Waals surface area (Å²) >= 11 is 0. The molecule has 0 aliphatic carbocycles. The van der Waals surface area contributed by atoms with Gasteiger partial charge in [-0.2, -0.15) is 10.5 Å². The van der Waals surface area contributed by atoms with Crippen molar-refractivity contribution in [3.63, 3.8) is 0 Å². The number of amides is 1. The number of carbonyl (C=O) groups is 2. The van der Waals surface area contributed by atoms with Crippen molar-refractivity contribution in [2.75, 3.05) is 13.6 Å². The highest BCUT2D eigenvalue weighted by atomic mass is 16.6. The SMILES string of the molecule is C[C@H](OC(=O)[C@@H](C)Oc1ccc(C#N)cc1)C(=O)N(C)CCC#N. The summed E-state index contributed by atoms with van der Waals surface area (Å²) in [5.41, 5.74) is 0.484.